The molecule has 0 saturated heterocycles. The summed E-state index contributed by atoms with van der Waals surface area (Å²) in [5.74, 6) is -1.02. The molecule has 7 nitrogen and oxygen atoms in total. The number of rotatable bonds is 7. The van der Waals surface area contributed by atoms with Gasteiger partial charge in [-0.15, -0.1) is 0 Å². The topological polar surface area (TPSA) is 89.9 Å². The number of fused-ring (bicyclic) bond motifs is 1. The van der Waals surface area contributed by atoms with E-state index in [4.69, 9.17) is 14.7 Å². The van der Waals surface area contributed by atoms with E-state index < -0.39 is 18.3 Å². The van der Waals surface area contributed by atoms with Crippen molar-refractivity contribution in [3.63, 3.8) is 0 Å². The molecule has 4 heterocycles. The molecule has 0 aromatic carbocycles. The number of ether oxygens (including phenoxy) is 1. The Bertz CT molecular complexity index is 1470. The Morgan fingerprint density at radius 3 is 2.81 bits per heavy atom. The number of halogens is 2. The number of carbonyl (C=O) groups excluding carboxylic acids is 1. The predicted octanol–water partition coefficient (Wildman–Crippen LogP) is 3.26. The van der Waals surface area contributed by atoms with Crippen LogP contribution in [0.1, 0.15) is 58.9 Å². The van der Waals surface area contributed by atoms with E-state index in [9.17, 15) is 13.6 Å². The SMILES string of the molecule is C=C(/C=c1/nc(-c2cncc(C3CC3)n2)cc/c1=C/C)CNC(=O)c1cnc2c(c1)C(C(F)F)COC2. The third-order valence-electron chi connectivity index (χ3n) is 6.50. The first-order chi connectivity index (χ1) is 17.9. The van der Waals surface area contributed by atoms with Crippen LogP contribution in [0, 0.1) is 0 Å². The number of aromatic nitrogens is 4. The molecule has 1 aliphatic heterocycles. The molecule has 1 atom stereocenters. The van der Waals surface area contributed by atoms with E-state index in [2.05, 4.69) is 21.9 Å². The maximum absolute atomic E-state index is 13.4. The lowest BCUT2D eigenvalue weighted by Gasteiger charge is -2.24. The number of nitrogens with one attached hydrogen (secondary N) is 1. The molecule has 1 fully saturated rings. The fraction of sp³-hybridized carbons (Fsp3) is 0.321. The highest BCUT2D eigenvalue weighted by atomic mass is 19.3. The van der Waals surface area contributed by atoms with Gasteiger partial charge in [-0.2, -0.15) is 0 Å². The van der Waals surface area contributed by atoms with Gasteiger partial charge in [-0.3, -0.25) is 14.8 Å². The second-order valence-corrected chi connectivity index (χ2v) is 9.26. The van der Waals surface area contributed by atoms with Crippen molar-refractivity contribution in [1.29, 1.82) is 0 Å². The van der Waals surface area contributed by atoms with Crippen LogP contribution in [0.4, 0.5) is 8.78 Å². The maximum atomic E-state index is 13.4. The maximum Gasteiger partial charge on any atom is 0.253 e. The molecule has 3 aromatic heterocycles. The minimum Gasteiger partial charge on any atom is -0.374 e. The van der Waals surface area contributed by atoms with Crippen molar-refractivity contribution in [1.82, 2.24) is 25.3 Å². The van der Waals surface area contributed by atoms with E-state index in [1.807, 2.05) is 37.4 Å². The highest BCUT2D eigenvalue weighted by Crippen LogP contribution is 2.39. The van der Waals surface area contributed by atoms with Crippen molar-refractivity contribution in [3.8, 4) is 11.4 Å². The fourth-order valence-electron chi connectivity index (χ4n) is 4.27. The van der Waals surface area contributed by atoms with Gasteiger partial charge in [-0.25, -0.2) is 18.7 Å². The lowest BCUT2D eigenvalue weighted by atomic mass is 9.95. The first-order valence-corrected chi connectivity index (χ1v) is 12.2. The Morgan fingerprint density at radius 1 is 1.22 bits per heavy atom. The zero-order chi connectivity index (χ0) is 25.9. The van der Waals surface area contributed by atoms with Crippen molar-refractivity contribution >= 4 is 18.1 Å². The van der Waals surface area contributed by atoms with Crippen molar-refractivity contribution in [3.05, 3.63) is 82.0 Å². The number of nitrogens with zero attached hydrogens (tertiary/aromatic N) is 4. The average molecular weight is 504 g/mol. The molecule has 1 saturated carbocycles. The smallest absolute Gasteiger partial charge is 0.253 e. The molecule has 37 heavy (non-hydrogen) atoms. The minimum atomic E-state index is -2.59. The van der Waals surface area contributed by atoms with E-state index in [0.717, 1.165) is 23.8 Å². The van der Waals surface area contributed by atoms with Gasteiger partial charge in [0, 0.05) is 24.9 Å². The van der Waals surface area contributed by atoms with Gasteiger partial charge in [0.1, 0.15) is 5.69 Å². The van der Waals surface area contributed by atoms with Gasteiger partial charge in [0.05, 0.1) is 53.3 Å². The molecule has 0 bridgehead atoms. The molecule has 5 rings (SSSR count). The van der Waals surface area contributed by atoms with E-state index >= 15 is 0 Å². The molecule has 0 radical (unpaired) electrons. The summed E-state index contributed by atoms with van der Waals surface area (Å²) in [6.07, 6.45) is 8.35. The average Bonchev–Trinajstić information content (AvgIpc) is 3.77. The van der Waals surface area contributed by atoms with Gasteiger partial charge in [-0.1, -0.05) is 18.7 Å². The van der Waals surface area contributed by atoms with Crippen molar-refractivity contribution in [2.24, 2.45) is 0 Å². The molecular weight excluding hydrogens is 476 g/mol. The number of pyridine rings is 2. The lowest BCUT2D eigenvalue weighted by molar-refractivity contribution is 0.0212. The number of amides is 1. The molecule has 1 unspecified atom stereocenters. The molecule has 3 aromatic rings. The van der Waals surface area contributed by atoms with E-state index in [0.29, 0.717) is 39.5 Å². The van der Waals surface area contributed by atoms with Crippen LogP contribution in [0.5, 0.6) is 0 Å². The lowest BCUT2D eigenvalue weighted by Crippen LogP contribution is -2.30. The van der Waals surface area contributed by atoms with Crippen LogP contribution in [-0.4, -0.2) is 45.4 Å². The standard InChI is InChI=1S/C28H27F2N5O2/c1-3-17-6-7-22(25-13-31-12-24(35-25)18-4-5-18)34-23(17)8-16(2)10-33-28(36)19-9-20-21(27(29)30)14-37-15-26(20)32-11-19/h3,6-9,11-13,18,21,27H,2,4-5,10,14-15H2,1H3,(H,33,36)/b17-3-,23-8+. The quantitative estimate of drug-likeness (QED) is 0.533. The molecule has 2 aliphatic rings. The summed E-state index contributed by atoms with van der Waals surface area (Å²) in [6, 6.07) is 5.36. The van der Waals surface area contributed by atoms with Crippen LogP contribution in [0.2, 0.25) is 0 Å². The van der Waals surface area contributed by atoms with Crippen LogP contribution in [0.3, 0.4) is 0 Å². The Kier molecular flexibility index (Phi) is 7.14. The summed E-state index contributed by atoms with van der Waals surface area (Å²) < 4.78 is 32.0. The normalized spacial score (nSPS) is 18.1. The van der Waals surface area contributed by atoms with Gasteiger partial charge >= 0.3 is 0 Å². The molecule has 1 N–H and O–H groups in total. The summed E-state index contributed by atoms with van der Waals surface area (Å²) in [5, 5.41) is 4.41. The highest BCUT2D eigenvalue weighted by Gasteiger charge is 2.30. The monoisotopic (exact) mass is 503 g/mol. The molecule has 1 amide bonds. The van der Waals surface area contributed by atoms with Gasteiger partial charge in [0.15, 0.2) is 0 Å². The van der Waals surface area contributed by atoms with Gasteiger partial charge in [-0.05, 0) is 54.3 Å². The summed E-state index contributed by atoms with van der Waals surface area (Å²) in [5.41, 5.74) is 4.06. The summed E-state index contributed by atoms with van der Waals surface area (Å²) in [7, 11) is 0. The zero-order valence-corrected chi connectivity index (χ0v) is 20.5. The number of carbonyl (C=O) groups is 1. The van der Waals surface area contributed by atoms with E-state index in [-0.39, 0.29) is 25.3 Å². The summed E-state index contributed by atoms with van der Waals surface area (Å²) >= 11 is 0. The molecule has 190 valence electrons. The van der Waals surface area contributed by atoms with E-state index in [1.165, 1.54) is 12.3 Å². The summed E-state index contributed by atoms with van der Waals surface area (Å²) in [6.45, 7) is 6.20. The first-order valence-electron chi connectivity index (χ1n) is 12.2. The fourth-order valence-corrected chi connectivity index (χ4v) is 4.27. The minimum absolute atomic E-state index is 0.0948. The van der Waals surface area contributed by atoms with Crippen LogP contribution >= 0.6 is 0 Å². The number of hydrogen-bond donors (Lipinski definition) is 1. The second-order valence-electron chi connectivity index (χ2n) is 9.26. The Hall–Kier alpha value is -3.85. The molecule has 0 spiro atoms. The third kappa shape index (κ3) is 5.61. The second kappa shape index (κ2) is 10.6. The first kappa shape index (κ1) is 24.8. The van der Waals surface area contributed by atoms with Crippen LogP contribution in [-0.2, 0) is 11.3 Å². The zero-order valence-electron chi connectivity index (χ0n) is 20.5. The largest absolute Gasteiger partial charge is 0.374 e. The number of hydrogen-bond acceptors (Lipinski definition) is 6. The third-order valence-corrected chi connectivity index (χ3v) is 6.50. The van der Waals surface area contributed by atoms with Gasteiger partial charge in [0.25, 0.3) is 5.91 Å². The van der Waals surface area contributed by atoms with Crippen molar-refractivity contribution in [2.45, 2.75) is 44.6 Å². The predicted molar refractivity (Wildman–Crippen MR) is 135 cm³/mol. The molecule has 9 heteroatoms. The van der Waals surface area contributed by atoms with E-state index in [1.54, 1.807) is 6.20 Å². The van der Waals surface area contributed by atoms with Crippen molar-refractivity contribution < 1.29 is 18.3 Å². The van der Waals surface area contributed by atoms with Crippen LogP contribution in [0.15, 0.2) is 48.9 Å². The Labute approximate surface area is 213 Å². The van der Waals surface area contributed by atoms with Crippen LogP contribution < -0.4 is 15.9 Å². The van der Waals surface area contributed by atoms with Crippen LogP contribution in [0.25, 0.3) is 23.5 Å². The number of alkyl halides is 2. The highest BCUT2D eigenvalue weighted by molar-refractivity contribution is 5.94. The van der Waals surface area contributed by atoms with Crippen molar-refractivity contribution in [2.75, 3.05) is 13.2 Å². The Balaban J connectivity index is 1.32. The summed E-state index contributed by atoms with van der Waals surface area (Å²) in [4.78, 5) is 30.8. The van der Waals surface area contributed by atoms with Gasteiger partial charge in [0.2, 0.25) is 6.43 Å². The Morgan fingerprint density at radius 2 is 2.05 bits per heavy atom. The molecular formula is C28H27F2N5O2. The molecule has 1 aliphatic carbocycles. The van der Waals surface area contributed by atoms with Gasteiger partial charge < -0.3 is 10.1 Å².